The van der Waals surface area contributed by atoms with Gasteiger partial charge in [0.1, 0.15) is 5.82 Å². The molecule has 1 atom stereocenters. The molecular formula is C13H23N3O2. The summed E-state index contributed by atoms with van der Waals surface area (Å²) in [5, 5.41) is 3.02. The van der Waals surface area contributed by atoms with Crippen LogP contribution < -0.4 is 5.32 Å². The average Bonchev–Trinajstić information content (AvgIpc) is 2.72. The summed E-state index contributed by atoms with van der Waals surface area (Å²) < 4.78 is 7.12. The molecule has 0 fully saturated rings. The van der Waals surface area contributed by atoms with Crippen LogP contribution in [0.5, 0.6) is 0 Å². The Morgan fingerprint density at radius 3 is 2.78 bits per heavy atom. The van der Waals surface area contributed by atoms with Crippen molar-refractivity contribution in [3.05, 3.63) is 18.2 Å². The number of nitrogens with one attached hydrogen (secondary N) is 1. The fourth-order valence-electron chi connectivity index (χ4n) is 1.76. The highest BCUT2D eigenvalue weighted by Crippen LogP contribution is 2.19. The van der Waals surface area contributed by atoms with Gasteiger partial charge in [-0.3, -0.25) is 4.79 Å². The van der Waals surface area contributed by atoms with Gasteiger partial charge in [0.15, 0.2) is 0 Å². The molecule has 1 rings (SSSR count). The third kappa shape index (κ3) is 4.14. The predicted molar refractivity (Wildman–Crippen MR) is 70.0 cm³/mol. The third-order valence-electron chi connectivity index (χ3n) is 2.80. The van der Waals surface area contributed by atoms with E-state index in [1.54, 1.807) is 6.20 Å². The molecule has 5 heteroatoms. The van der Waals surface area contributed by atoms with Crippen molar-refractivity contribution in [2.75, 3.05) is 13.2 Å². The van der Waals surface area contributed by atoms with E-state index in [1.807, 2.05) is 24.7 Å². The number of rotatable bonds is 7. The smallest absolute Gasteiger partial charge is 0.222 e. The molecule has 0 aliphatic heterocycles. The van der Waals surface area contributed by atoms with Gasteiger partial charge >= 0.3 is 0 Å². The summed E-state index contributed by atoms with van der Waals surface area (Å²) in [7, 11) is 1.93. The minimum absolute atomic E-state index is 0.00477. The summed E-state index contributed by atoms with van der Waals surface area (Å²) in [5.74, 6) is 1.18. The van der Waals surface area contributed by atoms with E-state index in [4.69, 9.17) is 4.74 Å². The van der Waals surface area contributed by atoms with E-state index in [0.717, 1.165) is 5.82 Å². The minimum atomic E-state index is -0.0564. The summed E-state index contributed by atoms with van der Waals surface area (Å²) in [5.41, 5.74) is 0. The molecule has 0 bridgehead atoms. The Hall–Kier alpha value is -1.36. The van der Waals surface area contributed by atoms with Crippen LogP contribution in [0.1, 0.15) is 39.1 Å². The number of aryl methyl sites for hydroxylation is 1. The van der Waals surface area contributed by atoms with Crippen molar-refractivity contribution in [3.8, 4) is 0 Å². The van der Waals surface area contributed by atoms with Gasteiger partial charge in [0.05, 0.1) is 12.6 Å². The van der Waals surface area contributed by atoms with Crippen LogP contribution in [0, 0.1) is 5.92 Å². The molecule has 0 aliphatic carbocycles. The van der Waals surface area contributed by atoms with E-state index >= 15 is 0 Å². The molecule has 0 saturated heterocycles. The molecule has 0 unspecified atom stereocenters. The number of hydrogen-bond acceptors (Lipinski definition) is 3. The molecule has 1 N–H and O–H groups in total. The highest BCUT2D eigenvalue weighted by Gasteiger charge is 2.21. The summed E-state index contributed by atoms with van der Waals surface area (Å²) in [4.78, 5) is 16.1. The maximum Gasteiger partial charge on any atom is 0.222 e. The van der Waals surface area contributed by atoms with Gasteiger partial charge in [0.2, 0.25) is 5.91 Å². The van der Waals surface area contributed by atoms with E-state index in [0.29, 0.717) is 25.6 Å². The molecule has 1 amide bonds. The summed E-state index contributed by atoms with van der Waals surface area (Å²) >= 11 is 0. The largest absolute Gasteiger partial charge is 0.381 e. The first kappa shape index (κ1) is 14.7. The normalized spacial score (nSPS) is 12.7. The van der Waals surface area contributed by atoms with E-state index in [9.17, 15) is 4.79 Å². The number of ether oxygens (including phenoxy) is 1. The summed E-state index contributed by atoms with van der Waals surface area (Å²) in [6.45, 7) is 7.17. The van der Waals surface area contributed by atoms with Crippen LogP contribution in [0.25, 0.3) is 0 Å². The first-order chi connectivity index (χ1) is 8.56. The molecule has 0 spiro atoms. The Morgan fingerprint density at radius 1 is 1.56 bits per heavy atom. The number of nitrogens with zero attached hydrogens (tertiary/aromatic N) is 2. The van der Waals surface area contributed by atoms with Gasteiger partial charge < -0.3 is 14.6 Å². The number of carbonyl (C=O) groups excluding carboxylic acids is 1. The lowest BCUT2D eigenvalue weighted by Gasteiger charge is -2.22. The lowest BCUT2D eigenvalue weighted by molar-refractivity contribution is -0.123. The van der Waals surface area contributed by atoms with E-state index in [1.165, 1.54) is 0 Å². The molecule has 0 aliphatic rings. The summed E-state index contributed by atoms with van der Waals surface area (Å²) in [6.07, 6.45) is 4.02. The van der Waals surface area contributed by atoms with Crippen molar-refractivity contribution < 1.29 is 9.53 Å². The van der Waals surface area contributed by atoms with Gasteiger partial charge in [-0.15, -0.1) is 0 Å². The number of carbonyl (C=O) groups is 1. The molecule has 0 saturated carbocycles. The van der Waals surface area contributed by atoms with Crippen molar-refractivity contribution >= 4 is 5.91 Å². The van der Waals surface area contributed by atoms with Crippen molar-refractivity contribution in [1.29, 1.82) is 0 Å². The van der Waals surface area contributed by atoms with Gasteiger partial charge in [-0.05, 0) is 12.8 Å². The lowest BCUT2D eigenvalue weighted by atomic mass is 10.0. The van der Waals surface area contributed by atoms with Gasteiger partial charge in [0, 0.05) is 32.5 Å². The first-order valence-electron chi connectivity index (χ1n) is 6.40. The second-order valence-electron chi connectivity index (χ2n) is 4.63. The minimum Gasteiger partial charge on any atom is -0.381 e. The fourth-order valence-corrected chi connectivity index (χ4v) is 1.76. The predicted octanol–water partition coefficient (Wildman–Crippen LogP) is 1.66. The van der Waals surface area contributed by atoms with Crippen LogP contribution in [0.3, 0.4) is 0 Å². The molecule has 18 heavy (non-hydrogen) atoms. The summed E-state index contributed by atoms with van der Waals surface area (Å²) in [6, 6.07) is -0.0564. The van der Waals surface area contributed by atoms with Crippen LogP contribution >= 0.6 is 0 Å². The number of amides is 1. The van der Waals surface area contributed by atoms with Crippen LogP contribution in [-0.4, -0.2) is 28.7 Å². The Bertz CT molecular complexity index is 374. The number of imidazole rings is 1. The molecule has 1 aromatic heterocycles. The highest BCUT2D eigenvalue weighted by atomic mass is 16.5. The zero-order valence-corrected chi connectivity index (χ0v) is 11.6. The van der Waals surface area contributed by atoms with Crippen molar-refractivity contribution in [2.45, 2.75) is 33.2 Å². The van der Waals surface area contributed by atoms with Gasteiger partial charge in [0.25, 0.3) is 0 Å². The monoisotopic (exact) mass is 253 g/mol. The van der Waals surface area contributed by atoms with Gasteiger partial charge in [-0.25, -0.2) is 4.98 Å². The topological polar surface area (TPSA) is 56.1 Å². The van der Waals surface area contributed by atoms with Crippen molar-refractivity contribution in [3.63, 3.8) is 0 Å². The standard InChI is InChI=1S/C13H23N3O2/c1-5-18-9-6-11(17)15-12(10(2)3)13-14-7-8-16(13)4/h7-8,10,12H,5-6,9H2,1-4H3,(H,15,17)/t12-/m1/s1. The molecule has 0 radical (unpaired) electrons. The van der Waals surface area contributed by atoms with E-state index in [2.05, 4.69) is 24.1 Å². The fraction of sp³-hybridized carbons (Fsp3) is 0.692. The Labute approximate surface area is 109 Å². The Kier molecular flexibility index (Phi) is 5.85. The van der Waals surface area contributed by atoms with Crippen LogP contribution in [0.2, 0.25) is 0 Å². The van der Waals surface area contributed by atoms with E-state index in [-0.39, 0.29) is 11.9 Å². The number of hydrogen-bond donors (Lipinski definition) is 1. The molecular weight excluding hydrogens is 230 g/mol. The molecule has 1 heterocycles. The maximum absolute atomic E-state index is 11.8. The molecule has 102 valence electrons. The third-order valence-corrected chi connectivity index (χ3v) is 2.80. The Balaban J connectivity index is 2.59. The molecule has 0 aromatic carbocycles. The van der Waals surface area contributed by atoms with Crippen molar-refractivity contribution in [2.24, 2.45) is 13.0 Å². The maximum atomic E-state index is 11.8. The van der Waals surface area contributed by atoms with Crippen molar-refractivity contribution in [1.82, 2.24) is 14.9 Å². The zero-order chi connectivity index (χ0) is 13.5. The molecule has 1 aromatic rings. The van der Waals surface area contributed by atoms with Crippen LogP contribution in [0.15, 0.2) is 12.4 Å². The SMILES string of the molecule is CCOCCC(=O)N[C@@H](c1nccn1C)C(C)C. The van der Waals surface area contributed by atoms with Crippen LogP contribution in [0.4, 0.5) is 0 Å². The zero-order valence-electron chi connectivity index (χ0n) is 11.6. The highest BCUT2D eigenvalue weighted by molar-refractivity contribution is 5.76. The van der Waals surface area contributed by atoms with E-state index < -0.39 is 0 Å². The van der Waals surface area contributed by atoms with Gasteiger partial charge in [-0.1, -0.05) is 13.8 Å². The first-order valence-corrected chi connectivity index (χ1v) is 6.40. The van der Waals surface area contributed by atoms with Gasteiger partial charge in [-0.2, -0.15) is 0 Å². The second-order valence-corrected chi connectivity index (χ2v) is 4.63. The Morgan fingerprint density at radius 2 is 2.28 bits per heavy atom. The number of aromatic nitrogens is 2. The average molecular weight is 253 g/mol. The molecule has 5 nitrogen and oxygen atoms in total. The quantitative estimate of drug-likeness (QED) is 0.752. The lowest BCUT2D eigenvalue weighted by Crippen LogP contribution is -2.34. The second kappa shape index (κ2) is 7.16. The van der Waals surface area contributed by atoms with Crippen LogP contribution in [-0.2, 0) is 16.6 Å².